The largest absolute Gasteiger partial charge is 0.497 e. The van der Waals surface area contributed by atoms with Crippen molar-refractivity contribution in [2.45, 2.75) is 19.1 Å². The van der Waals surface area contributed by atoms with Crippen molar-refractivity contribution in [3.63, 3.8) is 0 Å². The van der Waals surface area contributed by atoms with Gasteiger partial charge in [0.15, 0.2) is 0 Å². The van der Waals surface area contributed by atoms with Gasteiger partial charge in [-0.25, -0.2) is 4.79 Å². The maximum absolute atomic E-state index is 13.2. The molecule has 1 aliphatic heterocycles. The van der Waals surface area contributed by atoms with Crippen LogP contribution in [0.2, 0.25) is 0 Å². The van der Waals surface area contributed by atoms with Gasteiger partial charge in [0.1, 0.15) is 5.75 Å². The Morgan fingerprint density at radius 3 is 2.37 bits per heavy atom. The summed E-state index contributed by atoms with van der Waals surface area (Å²) in [6.45, 7) is 1.63. The van der Waals surface area contributed by atoms with Crippen LogP contribution in [0.5, 0.6) is 5.75 Å². The van der Waals surface area contributed by atoms with Gasteiger partial charge in [-0.15, -0.1) is 0 Å². The van der Waals surface area contributed by atoms with Crippen LogP contribution in [0.15, 0.2) is 72.8 Å². The molecule has 6 nitrogen and oxygen atoms in total. The molecule has 0 saturated carbocycles. The highest BCUT2D eigenvalue weighted by atomic mass is 19.4. The highest BCUT2D eigenvalue weighted by Crippen LogP contribution is 2.29. The van der Waals surface area contributed by atoms with E-state index in [9.17, 15) is 22.8 Å². The van der Waals surface area contributed by atoms with Crippen LogP contribution in [-0.4, -0.2) is 37.0 Å². The molecular weight excluding hydrogens is 459 g/mol. The molecule has 3 amide bonds. The fourth-order valence-corrected chi connectivity index (χ4v) is 3.88. The van der Waals surface area contributed by atoms with Gasteiger partial charge in [-0.1, -0.05) is 18.2 Å². The maximum atomic E-state index is 13.2. The number of nitrogens with zero attached hydrogens (tertiary/aromatic N) is 2. The van der Waals surface area contributed by atoms with Gasteiger partial charge in [-0.05, 0) is 66.6 Å². The molecule has 1 heterocycles. The molecule has 1 aliphatic rings. The van der Waals surface area contributed by atoms with Gasteiger partial charge in [0.2, 0.25) is 0 Å². The number of amides is 3. The van der Waals surface area contributed by atoms with E-state index in [4.69, 9.17) is 4.74 Å². The Kier molecular flexibility index (Phi) is 6.95. The highest BCUT2D eigenvalue weighted by molar-refractivity contribution is 6.04. The van der Waals surface area contributed by atoms with Gasteiger partial charge in [-0.2, -0.15) is 13.2 Å². The molecule has 0 atom stereocenters. The molecule has 9 heteroatoms. The Bertz CT molecular complexity index is 1190. The standard InChI is InChI=1S/C26H24F3N3O3/c1-35-23-12-6-18(7-13-23)17-31-14-3-15-32(25(31)34)22-5-2-4-21(16-22)30-24(33)19-8-10-20(11-9-19)26(27,28)29/h2,4-13,16H,3,14-15,17H2,1H3,(H,30,33). The first kappa shape index (κ1) is 24.1. The van der Waals surface area contributed by atoms with Crippen LogP contribution in [0.1, 0.15) is 27.9 Å². The Labute approximate surface area is 200 Å². The minimum Gasteiger partial charge on any atom is -0.497 e. The summed E-state index contributed by atoms with van der Waals surface area (Å²) in [5.41, 5.74) is 1.33. The molecule has 0 unspecified atom stereocenters. The third-order valence-electron chi connectivity index (χ3n) is 5.73. The summed E-state index contributed by atoms with van der Waals surface area (Å²) in [6, 6.07) is 18.2. The number of anilines is 2. The molecule has 1 fully saturated rings. The quantitative estimate of drug-likeness (QED) is 0.482. The number of hydrogen-bond donors (Lipinski definition) is 1. The number of methoxy groups -OCH3 is 1. The molecule has 0 aromatic heterocycles. The Morgan fingerprint density at radius 1 is 1.00 bits per heavy atom. The van der Waals surface area contributed by atoms with Crippen molar-refractivity contribution in [3.8, 4) is 5.75 Å². The molecule has 0 bridgehead atoms. The first-order chi connectivity index (χ1) is 16.7. The number of halogens is 3. The third kappa shape index (κ3) is 5.74. The Hall–Kier alpha value is -4.01. The van der Waals surface area contributed by atoms with E-state index in [1.807, 2.05) is 24.3 Å². The van der Waals surface area contributed by atoms with E-state index in [2.05, 4.69) is 5.32 Å². The van der Waals surface area contributed by atoms with Crippen molar-refractivity contribution in [1.29, 1.82) is 0 Å². The second-order valence-electron chi connectivity index (χ2n) is 8.14. The van der Waals surface area contributed by atoms with Crippen molar-refractivity contribution in [2.24, 2.45) is 0 Å². The molecule has 0 radical (unpaired) electrons. The first-order valence-electron chi connectivity index (χ1n) is 11.0. The molecule has 3 aromatic rings. The van der Waals surface area contributed by atoms with E-state index in [0.29, 0.717) is 31.0 Å². The number of urea groups is 1. The second kappa shape index (κ2) is 10.1. The van der Waals surface area contributed by atoms with E-state index >= 15 is 0 Å². The lowest BCUT2D eigenvalue weighted by atomic mass is 10.1. The average molecular weight is 483 g/mol. The highest BCUT2D eigenvalue weighted by Gasteiger charge is 2.30. The van der Waals surface area contributed by atoms with E-state index in [1.54, 1.807) is 41.2 Å². The summed E-state index contributed by atoms with van der Waals surface area (Å²) < 4.78 is 43.5. The van der Waals surface area contributed by atoms with Crippen LogP contribution >= 0.6 is 0 Å². The predicted octanol–water partition coefficient (Wildman–Crippen LogP) is 5.80. The van der Waals surface area contributed by atoms with Gasteiger partial charge < -0.3 is 15.0 Å². The normalized spacial score (nSPS) is 14.1. The van der Waals surface area contributed by atoms with Gasteiger partial charge in [-0.3, -0.25) is 9.69 Å². The summed E-state index contributed by atoms with van der Waals surface area (Å²) in [7, 11) is 1.60. The maximum Gasteiger partial charge on any atom is 0.416 e. The zero-order valence-electron chi connectivity index (χ0n) is 19.0. The number of carbonyl (C=O) groups excluding carboxylic acids is 2. The first-order valence-corrected chi connectivity index (χ1v) is 11.0. The number of alkyl halides is 3. The molecule has 1 saturated heterocycles. The molecule has 4 rings (SSSR count). The van der Waals surface area contributed by atoms with Crippen molar-refractivity contribution in [2.75, 3.05) is 30.4 Å². The predicted molar refractivity (Wildman–Crippen MR) is 127 cm³/mol. The van der Waals surface area contributed by atoms with Crippen LogP contribution in [0, 0.1) is 0 Å². The Balaban J connectivity index is 1.44. The lowest BCUT2D eigenvalue weighted by molar-refractivity contribution is -0.137. The topological polar surface area (TPSA) is 61.9 Å². The van der Waals surface area contributed by atoms with Crippen LogP contribution in [0.3, 0.4) is 0 Å². The third-order valence-corrected chi connectivity index (χ3v) is 5.73. The van der Waals surface area contributed by atoms with E-state index in [0.717, 1.165) is 42.0 Å². The number of ether oxygens (including phenoxy) is 1. The zero-order chi connectivity index (χ0) is 25.0. The van der Waals surface area contributed by atoms with Crippen LogP contribution in [0.4, 0.5) is 29.3 Å². The second-order valence-corrected chi connectivity index (χ2v) is 8.14. The molecular formula is C26H24F3N3O3. The van der Waals surface area contributed by atoms with Gasteiger partial charge in [0.25, 0.3) is 5.91 Å². The summed E-state index contributed by atoms with van der Waals surface area (Å²) in [6.07, 6.45) is -3.68. The van der Waals surface area contributed by atoms with Crippen molar-refractivity contribution >= 4 is 23.3 Å². The summed E-state index contributed by atoms with van der Waals surface area (Å²) in [4.78, 5) is 29.1. The van der Waals surface area contributed by atoms with E-state index in [1.165, 1.54) is 0 Å². The monoisotopic (exact) mass is 483 g/mol. The fraction of sp³-hybridized carbons (Fsp3) is 0.231. The average Bonchev–Trinajstić information content (AvgIpc) is 2.85. The molecule has 3 aromatic carbocycles. The number of carbonyl (C=O) groups is 2. The zero-order valence-corrected chi connectivity index (χ0v) is 19.0. The minimum atomic E-state index is -4.47. The van der Waals surface area contributed by atoms with Crippen molar-refractivity contribution in [1.82, 2.24) is 4.90 Å². The van der Waals surface area contributed by atoms with Crippen LogP contribution < -0.4 is 15.0 Å². The number of hydrogen-bond acceptors (Lipinski definition) is 3. The van der Waals surface area contributed by atoms with Gasteiger partial charge >= 0.3 is 12.2 Å². The minimum absolute atomic E-state index is 0.100. The fourth-order valence-electron chi connectivity index (χ4n) is 3.88. The lowest BCUT2D eigenvalue weighted by Crippen LogP contribution is -2.49. The van der Waals surface area contributed by atoms with Gasteiger partial charge in [0.05, 0.1) is 12.7 Å². The van der Waals surface area contributed by atoms with E-state index in [-0.39, 0.29) is 11.6 Å². The smallest absolute Gasteiger partial charge is 0.416 e. The van der Waals surface area contributed by atoms with Crippen LogP contribution in [0.25, 0.3) is 0 Å². The molecule has 1 N–H and O–H groups in total. The van der Waals surface area contributed by atoms with E-state index < -0.39 is 17.6 Å². The molecule has 0 aliphatic carbocycles. The number of benzene rings is 3. The molecule has 35 heavy (non-hydrogen) atoms. The molecule has 0 spiro atoms. The Morgan fingerprint density at radius 2 is 1.71 bits per heavy atom. The SMILES string of the molecule is COc1ccc(CN2CCCN(c3cccc(NC(=O)c4ccc(C(F)(F)F)cc4)c3)C2=O)cc1. The number of rotatable bonds is 6. The lowest BCUT2D eigenvalue weighted by Gasteiger charge is -2.36. The van der Waals surface area contributed by atoms with Crippen LogP contribution in [-0.2, 0) is 12.7 Å². The van der Waals surface area contributed by atoms with Gasteiger partial charge in [0, 0.05) is 36.6 Å². The number of nitrogens with one attached hydrogen (secondary N) is 1. The summed E-state index contributed by atoms with van der Waals surface area (Å²) in [5.74, 6) is 0.206. The summed E-state index contributed by atoms with van der Waals surface area (Å²) >= 11 is 0. The molecule has 182 valence electrons. The van der Waals surface area contributed by atoms with Crippen molar-refractivity contribution < 1.29 is 27.5 Å². The summed E-state index contributed by atoms with van der Waals surface area (Å²) in [5, 5.41) is 2.69. The van der Waals surface area contributed by atoms with Crippen molar-refractivity contribution in [3.05, 3.63) is 89.5 Å².